The lowest BCUT2D eigenvalue weighted by Crippen LogP contribution is -2.17. The van der Waals surface area contributed by atoms with Crippen LogP contribution >= 0.6 is 0 Å². The number of carbonyl (C=O) groups is 1. The first-order valence-electron chi connectivity index (χ1n) is 6.24. The predicted molar refractivity (Wildman–Crippen MR) is 73.4 cm³/mol. The molecule has 0 saturated heterocycles. The number of anilines is 2. The molecular weight excluding hydrogens is 264 g/mol. The summed E-state index contributed by atoms with van der Waals surface area (Å²) in [4.78, 5) is 12.1. The van der Waals surface area contributed by atoms with Gasteiger partial charge in [0.2, 0.25) is 0 Å². The van der Waals surface area contributed by atoms with Crippen molar-refractivity contribution in [3.8, 4) is 0 Å². The normalized spacial score (nSPS) is 10.6. The van der Waals surface area contributed by atoms with Crippen molar-refractivity contribution in [2.24, 2.45) is 0 Å². The molecule has 0 aliphatic heterocycles. The number of rotatable bonds is 4. The highest BCUT2D eigenvalue weighted by Crippen LogP contribution is 2.19. The molecule has 1 aromatic carbocycles. The minimum absolute atomic E-state index is 0.196. The molecule has 20 heavy (non-hydrogen) atoms. The second-order valence-electron chi connectivity index (χ2n) is 4.41. The standard InChI is InChI=1S/C14H15F2N3O/c1-2-6-19-8-9(17)7-12(19)14(20)18-11-5-3-4-10(15)13(11)16/h3-5,7-8H,2,6,17H2,1H3,(H,18,20). The van der Waals surface area contributed by atoms with E-state index in [0.717, 1.165) is 12.5 Å². The highest BCUT2D eigenvalue weighted by atomic mass is 19.2. The molecule has 2 rings (SSSR count). The van der Waals surface area contributed by atoms with Crippen molar-refractivity contribution in [3.63, 3.8) is 0 Å². The minimum Gasteiger partial charge on any atom is -0.397 e. The van der Waals surface area contributed by atoms with Gasteiger partial charge in [-0.05, 0) is 24.6 Å². The van der Waals surface area contributed by atoms with Crippen LogP contribution in [-0.2, 0) is 6.54 Å². The van der Waals surface area contributed by atoms with Gasteiger partial charge in [0.05, 0.1) is 11.4 Å². The number of hydrogen-bond acceptors (Lipinski definition) is 2. The monoisotopic (exact) mass is 279 g/mol. The molecule has 0 saturated carbocycles. The van der Waals surface area contributed by atoms with Crippen molar-refractivity contribution in [2.75, 3.05) is 11.1 Å². The van der Waals surface area contributed by atoms with E-state index < -0.39 is 17.5 Å². The van der Waals surface area contributed by atoms with E-state index in [9.17, 15) is 13.6 Å². The minimum atomic E-state index is -1.08. The average Bonchev–Trinajstić information content (AvgIpc) is 2.76. The second kappa shape index (κ2) is 5.73. The molecule has 4 nitrogen and oxygen atoms in total. The second-order valence-corrected chi connectivity index (χ2v) is 4.41. The molecule has 1 amide bonds. The Hall–Kier alpha value is -2.37. The van der Waals surface area contributed by atoms with Gasteiger partial charge in [0.25, 0.3) is 5.91 Å². The first kappa shape index (κ1) is 14.0. The molecule has 2 aromatic rings. The zero-order valence-corrected chi connectivity index (χ0v) is 11.0. The number of nitrogens with zero attached hydrogens (tertiary/aromatic N) is 1. The van der Waals surface area contributed by atoms with Gasteiger partial charge >= 0.3 is 0 Å². The number of nitrogen functional groups attached to an aromatic ring is 1. The Morgan fingerprint density at radius 1 is 1.40 bits per heavy atom. The van der Waals surface area contributed by atoms with Crippen LogP contribution in [0.3, 0.4) is 0 Å². The van der Waals surface area contributed by atoms with Crippen LogP contribution in [0.15, 0.2) is 30.5 Å². The van der Waals surface area contributed by atoms with Gasteiger partial charge in [0.15, 0.2) is 11.6 Å². The average molecular weight is 279 g/mol. The third-order valence-corrected chi connectivity index (χ3v) is 2.81. The van der Waals surface area contributed by atoms with Gasteiger partial charge in [-0.3, -0.25) is 4.79 Å². The Balaban J connectivity index is 2.26. The van der Waals surface area contributed by atoms with Crippen molar-refractivity contribution < 1.29 is 13.6 Å². The van der Waals surface area contributed by atoms with Crippen LogP contribution in [0.2, 0.25) is 0 Å². The molecule has 1 aromatic heterocycles. The van der Waals surface area contributed by atoms with Crippen molar-refractivity contribution in [2.45, 2.75) is 19.9 Å². The molecule has 3 N–H and O–H groups in total. The van der Waals surface area contributed by atoms with E-state index in [1.165, 1.54) is 18.2 Å². The number of aryl methyl sites for hydroxylation is 1. The Kier molecular flexibility index (Phi) is 4.02. The van der Waals surface area contributed by atoms with Crippen LogP contribution in [-0.4, -0.2) is 10.5 Å². The van der Waals surface area contributed by atoms with E-state index in [1.807, 2.05) is 6.92 Å². The zero-order valence-electron chi connectivity index (χ0n) is 11.0. The Morgan fingerprint density at radius 3 is 2.85 bits per heavy atom. The lowest BCUT2D eigenvalue weighted by atomic mass is 10.2. The Morgan fingerprint density at radius 2 is 2.15 bits per heavy atom. The van der Waals surface area contributed by atoms with E-state index in [4.69, 9.17) is 5.73 Å². The third-order valence-electron chi connectivity index (χ3n) is 2.81. The fourth-order valence-electron chi connectivity index (χ4n) is 1.94. The number of nitrogens with two attached hydrogens (primary N) is 1. The summed E-state index contributed by atoms with van der Waals surface area (Å²) in [5.74, 6) is -2.62. The summed E-state index contributed by atoms with van der Waals surface area (Å²) in [6, 6.07) is 5.12. The van der Waals surface area contributed by atoms with E-state index in [2.05, 4.69) is 5.32 Å². The molecule has 0 atom stereocenters. The molecule has 0 aliphatic rings. The summed E-state index contributed by atoms with van der Waals surface area (Å²) in [6.07, 6.45) is 2.46. The van der Waals surface area contributed by atoms with Crippen LogP contribution < -0.4 is 11.1 Å². The van der Waals surface area contributed by atoms with Gasteiger partial charge in [0.1, 0.15) is 5.69 Å². The lowest BCUT2D eigenvalue weighted by molar-refractivity contribution is 0.101. The zero-order chi connectivity index (χ0) is 14.7. The lowest BCUT2D eigenvalue weighted by Gasteiger charge is -2.09. The molecule has 1 heterocycles. The predicted octanol–water partition coefficient (Wildman–Crippen LogP) is 3.01. The number of halogens is 2. The van der Waals surface area contributed by atoms with E-state index in [0.29, 0.717) is 17.9 Å². The maximum Gasteiger partial charge on any atom is 0.272 e. The summed E-state index contributed by atoms with van der Waals surface area (Å²) in [7, 11) is 0. The van der Waals surface area contributed by atoms with Crippen molar-refractivity contribution in [1.29, 1.82) is 0 Å². The topological polar surface area (TPSA) is 60.0 Å². The number of nitrogens with one attached hydrogen (secondary N) is 1. The highest BCUT2D eigenvalue weighted by molar-refractivity contribution is 6.03. The molecule has 0 bridgehead atoms. The summed E-state index contributed by atoms with van der Waals surface area (Å²) in [6.45, 7) is 2.58. The molecule has 0 unspecified atom stereocenters. The first-order valence-corrected chi connectivity index (χ1v) is 6.24. The highest BCUT2D eigenvalue weighted by Gasteiger charge is 2.15. The quantitative estimate of drug-likeness (QED) is 0.903. The van der Waals surface area contributed by atoms with Crippen molar-refractivity contribution in [1.82, 2.24) is 4.57 Å². The third kappa shape index (κ3) is 2.79. The molecule has 6 heteroatoms. The summed E-state index contributed by atoms with van der Waals surface area (Å²) in [5, 5.41) is 2.35. The van der Waals surface area contributed by atoms with E-state index >= 15 is 0 Å². The SMILES string of the molecule is CCCn1cc(N)cc1C(=O)Nc1cccc(F)c1F. The number of benzene rings is 1. The number of aromatic nitrogens is 1. The fraction of sp³-hybridized carbons (Fsp3) is 0.214. The Bertz CT molecular complexity index is 637. The molecule has 0 radical (unpaired) electrons. The summed E-state index contributed by atoms with van der Waals surface area (Å²) < 4.78 is 28.3. The molecular formula is C14H15F2N3O. The van der Waals surface area contributed by atoms with Crippen LogP contribution in [0.1, 0.15) is 23.8 Å². The fourth-order valence-corrected chi connectivity index (χ4v) is 1.94. The van der Waals surface area contributed by atoms with Crippen molar-refractivity contribution in [3.05, 3.63) is 47.8 Å². The largest absolute Gasteiger partial charge is 0.397 e. The number of amides is 1. The van der Waals surface area contributed by atoms with Crippen LogP contribution in [0.25, 0.3) is 0 Å². The van der Waals surface area contributed by atoms with Crippen molar-refractivity contribution >= 4 is 17.3 Å². The van der Waals surface area contributed by atoms with Gasteiger partial charge in [-0.2, -0.15) is 0 Å². The summed E-state index contributed by atoms with van der Waals surface area (Å²) >= 11 is 0. The molecule has 0 aliphatic carbocycles. The van der Waals surface area contributed by atoms with E-state index in [-0.39, 0.29) is 5.69 Å². The van der Waals surface area contributed by atoms with Gasteiger partial charge in [0, 0.05) is 12.7 Å². The maximum atomic E-state index is 13.5. The van der Waals surface area contributed by atoms with E-state index in [1.54, 1.807) is 10.8 Å². The first-order chi connectivity index (χ1) is 9.52. The van der Waals surface area contributed by atoms with Crippen LogP contribution in [0.4, 0.5) is 20.2 Å². The van der Waals surface area contributed by atoms with Crippen LogP contribution in [0, 0.1) is 11.6 Å². The molecule has 106 valence electrons. The molecule has 0 spiro atoms. The Labute approximate surface area is 115 Å². The summed E-state index contributed by atoms with van der Waals surface area (Å²) in [5.41, 5.74) is 6.22. The number of hydrogen-bond donors (Lipinski definition) is 2. The van der Waals surface area contributed by atoms with Crippen LogP contribution in [0.5, 0.6) is 0 Å². The van der Waals surface area contributed by atoms with Gasteiger partial charge in [-0.25, -0.2) is 8.78 Å². The maximum absolute atomic E-state index is 13.5. The smallest absolute Gasteiger partial charge is 0.272 e. The molecule has 0 fully saturated rings. The van der Waals surface area contributed by atoms with Gasteiger partial charge < -0.3 is 15.6 Å². The number of carbonyl (C=O) groups excluding carboxylic acids is 1. The van der Waals surface area contributed by atoms with Gasteiger partial charge in [-0.15, -0.1) is 0 Å². The van der Waals surface area contributed by atoms with Gasteiger partial charge in [-0.1, -0.05) is 13.0 Å².